The van der Waals surface area contributed by atoms with Gasteiger partial charge in [-0.3, -0.25) is 4.99 Å². The molecule has 0 saturated heterocycles. The molecule has 1 fully saturated rings. The summed E-state index contributed by atoms with van der Waals surface area (Å²) < 4.78 is 0. The predicted octanol–water partition coefficient (Wildman–Crippen LogP) is 3.94. The second kappa shape index (κ2) is 11.8. The Kier molecular flexibility index (Phi) is 10.5. The molecular formula is C21H36IN3O. The highest BCUT2D eigenvalue weighted by molar-refractivity contribution is 14.0. The summed E-state index contributed by atoms with van der Waals surface area (Å²) in [6, 6.07) is 10.8. The van der Waals surface area contributed by atoms with E-state index in [9.17, 15) is 5.11 Å². The largest absolute Gasteiger partial charge is 0.396 e. The van der Waals surface area contributed by atoms with E-state index in [1.807, 2.05) is 0 Å². The van der Waals surface area contributed by atoms with Crippen LogP contribution in [0.5, 0.6) is 0 Å². The van der Waals surface area contributed by atoms with Gasteiger partial charge in [-0.1, -0.05) is 44.2 Å². The van der Waals surface area contributed by atoms with Gasteiger partial charge in [-0.25, -0.2) is 0 Å². The molecule has 1 atom stereocenters. The third-order valence-electron chi connectivity index (χ3n) is 5.02. The fourth-order valence-electron chi connectivity index (χ4n) is 3.45. The minimum absolute atomic E-state index is 0. The fourth-order valence-corrected chi connectivity index (χ4v) is 3.45. The zero-order valence-corrected chi connectivity index (χ0v) is 18.8. The zero-order chi connectivity index (χ0) is 18.1. The number of rotatable bonds is 10. The molecular weight excluding hydrogens is 437 g/mol. The number of aliphatic hydroxyl groups is 1. The number of guanidine groups is 1. The van der Waals surface area contributed by atoms with Gasteiger partial charge in [0.25, 0.3) is 0 Å². The first-order valence-electron chi connectivity index (χ1n) is 9.78. The van der Waals surface area contributed by atoms with Crippen molar-refractivity contribution in [1.82, 2.24) is 10.6 Å². The highest BCUT2D eigenvalue weighted by Gasteiger charge is 2.43. The molecule has 4 nitrogen and oxygen atoms in total. The highest BCUT2D eigenvalue weighted by Crippen LogP contribution is 2.48. The van der Waals surface area contributed by atoms with Gasteiger partial charge in [0.2, 0.25) is 0 Å². The second-order valence-corrected chi connectivity index (χ2v) is 7.73. The van der Waals surface area contributed by atoms with Crippen molar-refractivity contribution in [3.63, 3.8) is 0 Å². The normalized spacial score (nSPS) is 16.7. The number of hydrogen-bond acceptors (Lipinski definition) is 2. The molecule has 1 aromatic carbocycles. The van der Waals surface area contributed by atoms with Gasteiger partial charge in [-0.15, -0.1) is 24.0 Å². The number of aliphatic imine (C=N–C) groups is 1. The number of hydrogen-bond donors (Lipinski definition) is 3. The minimum atomic E-state index is 0. The van der Waals surface area contributed by atoms with E-state index in [1.165, 1.54) is 18.4 Å². The molecule has 0 heterocycles. The fraction of sp³-hybridized carbons (Fsp3) is 0.667. The van der Waals surface area contributed by atoms with Crippen LogP contribution in [0.25, 0.3) is 0 Å². The van der Waals surface area contributed by atoms with Crippen molar-refractivity contribution < 1.29 is 5.11 Å². The standard InChI is InChI=1S/C21H35N3O.HI/c1-4-22-20(23-15-18(10-13-25)14-17(2)3)24-16-21(11-12-21)19-8-6-5-7-9-19;/h5-9,17-18,25H,4,10-16H2,1-3H3,(H2,22,23,24);1H. The zero-order valence-electron chi connectivity index (χ0n) is 16.5. The van der Waals surface area contributed by atoms with E-state index in [2.05, 4.69) is 61.7 Å². The first-order chi connectivity index (χ1) is 12.1. The van der Waals surface area contributed by atoms with Gasteiger partial charge >= 0.3 is 0 Å². The van der Waals surface area contributed by atoms with E-state index < -0.39 is 0 Å². The molecule has 1 saturated carbocycles. The maximum absolute atomic E-state index is 9.29. The van der Waals surface area contributed by atoms with Crippen LogP contribution >= 0.6 is 24.0 Å². The van der Waals surface area contributed by atoms with Crippen molar-refractivity contribution in [1.29, 1.82) is 0 Å². The number of aliphatic hydroxyl groups excluding tert-OH is 1. The Bertz CT molecular complexity index is 529. The quantitative estimate of drug-likeness (QED) is 0.274. The Morgan fingerprint density at radius 2 is 1.88 bits per heavy atom. The molecule has 1 aliphatic rings. The van der Waals surface area contributed by atoms with Crippen LogP contribution in [0.3, 0.4) is 0 Å². The lowest BCUT2D eigenvalue weighted by molar-refractivity contribution is 0.243. The molecule has 26 heavy (non-hydrogen) atoms. The Morgan fingerprint density at radius 1 is 1.19 bits per heavy atom. The lowest BCUT2D eigenvalue weighted by atomic mass is 9.94. The summed E-state index contributed by atoms with van der Waals surface area (Å²) in [7, 11) is 0. The molecule has 5 heteroatoms. The summed E-state index contributed by atoms with van der Waals surface area (Å²) in [5, 5.41) is 16.1. The van der Waals surface area contributed by atoms with Crippen molar-refractivity contribution in [2.24, 2.45) is 16.8 Å². The van der Waals surface area contributed by atoms with Gasteiger partial charge in [0.15, 0.2) is 5.96 Å². The average Bonchev–Trinajstić information content (AvgIpc) is 3.39. The summed E-state index contributed by atoms with van der Waals surface area (Å²) >= 11 is 0. The van der Waals surface area contributed by atoms with E-state index in [0.29, 0.717) is 11.8 Å². The van der Waals surface area contributed by atoms with Gasteiger partial charge in [0.05, 0.1) is 6.54 Å². The van der Waals surface area contributed by atoms with E-state index in [1.54, 1.807) is 0 Å². The number of nitrogens with zero attached hydrogens (tertiary/aromatic N) is 1. The molecule has 148 valence electrons. The van der Waals surface area contributed by atoms with Crippen LogP contribution in [0, 0.1) is 11.8 Å². The van der Waals surface area contributed by atoms with E-state index in [-0.39, 0.29) is 36.0 Å². The van der Waals surface area contributed by atoms with Crippen LogP contribution in [0.2, 0.25) is 0 Å². The van der Waals surface area contributed by atoms with E-state index in [4.69, 9.17) is 4.99 Å². The molecule has 2 rings (SSSR count). The van der Waals surface area contributed by atoms with Crippen molar-refractivity contribution in [2.75, 3.05) is 26.2 Å². The van der Waals surface area contributed by atoms with Crippen molar-refractivity contribution in [3.05, 3.63) is 35.9 Å². The lowest BCUT2D eigenvalue weighted by Gasteiger charge is -2.21. The predicted molar refractivity (Wildman–Crippen MR) is 121 cm³/mol. The molecule has 1 aromatic rings. The molecule has 3 N–H and O–H groups in total. The first-order valence-corrected chi connectivity index (χ1v) is 9.78. The second-order valence-electron chi connectivity index (χ2n) is 7.73. The smallest absolute Gasteiger partial charge is 0.191 e. The third kappa shape index (κ3) is 7.43. The highest BCUT2D eigenvalue weighted by atomic mass is 127. The van der Waals surface area contributed by atoms with Gasteiger partial charge in [-0.2, -0.15) is 0 Å². The van der Waals surface area contributed by atoms with Crippen molar-refractivity contribution in [2.45, 2.75) is 51.9 Å². The molecule has 0 aliphatic heterocycles. The summed E-state index contributed by atoms with van der Waals surface area (Å²) in [4.78, 5) is 4.87. The Labute approximate surface area is 176 Å². The number of benzene rings is 1. The average molecular weight is 473 g/mol. The topological polar surface area (TPSA) is 56.7 Å². The number of halogens is 1. The van der Waals surface area contributed by atoms with Crippen molar-refractivity contribution >= 4 is 29.9 Å². The van der Waals surface area contributed by atoms with E-state index in [0.717, 1.165) is 38.4 Å². The summed E-state index contributed by atoms with van der Waals surface area (Å²) in [6.45, 7) is 9.38. The molecule has 0 aromatic heterocycles. The molecule has 0 radical (unpaired) electrons. The number of nitrogens with one attached hydrogen (secondary N) is 2. The van der Waals surface area contributed by atoms with Gasteiger partial charge in [0.1, 0.15) is 0 Å². The van der Waals surface area contributed by atoms with Crippen molar-refractivity contribution in [3.8, 4) is 0 Å². The molecule has 0 bridgehead atoms. The van der Waals surface area contributed by atoms with Crippen LogP contribution in [0.4, 0.5) is 0 Å². The van der Waals surface area contributed by atoms with Gasteiger partial charge in [0, 0.05) is 25.1 Å². The van der Waals surface area contributed by atoms with Crippen LogP contribution in [-0.4, -0.2) is 37.3 Å². The maximum atomic E-state index is 9.29. The monoisotopic (exact) mass is 473 g/mol. The molecule has 0 spiro atoms. The third-order valence-corrected chi connectivity index (χ3v) is 5.02. The molecule has 0 amide bonds. The SMILES string of the molecule is CCNC(=NCC1(c2ccccc2)CC1)NCC(CCO)CC(C)C.I. The Balaban J connectivity index is 0.00000338. The Morgan fingerprint density at radius 3 is 2.42 bits per heavy atom. The first kappa shape index (κ1) is 23.2. The van der Waals surface area contributed by atoms with Crippen LogP contribution in [0.15, 0.2) is 35.3 Å². The minimum Gasteiger partial charge on any atom is -0.396 e. The summed E-state index contributed by atoms with van der Waals surface area (Å²) in [6.07, 6.45) is 4.42. The lowest BCUT2D eigenvalue weighted by Crippen LogP contribution is -2.40. The van der Waals surface area contributed by atoms with Gasteiger partial charge < -0.3 is 15.7 Å². The van der Waals surface area contributed by atoms with Gasteiger partial charge in [-0.05, 0) is 50.0 Å². The Hall–Kier alpha value is -0.820. The molecule has 1 aliphatic carbocycles. The summed E-state index contributed by atoms with van der Waals surface area (Å²) in [5.41, 5.74) is 1.65. The maximum Gasteiger partial charge on any atom is 0.191 e. The van der Waals surface area contributed by atoms with Crippen LogP contribution in [0.1, 0.15) is 52.0 Å². The molecule has 1 unspecified atom stereocenters. The van der Waals surface area contributed by atoms with Crippen LogP contribution < -0.4 is 10.6 Å². The van der Waals surface area contributed by atoms with E-state index >= 15 is 0 Å². The summed E-state index contributed by atoms with van der Waals surface area (Å²) in [5.74, 6) is 2.03. The van der Waals surface area contributed by atoms with Crippen LogP contribution in [-0.2, 0) is 5.41 Å².